The maximum Gasteiger partial charge on any atom is 0.387 e. The van der Waals surface area contributed by atoms with E-state index in [9.17, 15) is 13.6 Å². The lowest BCUT2D eigenvalue weighted by Gasteiger charge is -2.16. The maximum absolute atomic E-state index is 12.4. The zero-order valence-corrected chi connectivity index (χ0v) is 14.5. The summed E-state index contributed by atoms with van der Waals surface area (Å²) in [7, 11) is 0. The highest BCUT2D eigenvalue weighted by Crippen LogP contribution is 2.25. The molecule has 0 bridgehead atoms. The first-order valence-corrected chi connectivity index (χ1v) is 8.07. The fourth-order valence-corrected chi connectivity index (χ4v) is 2.38. The average Bonchev–Trinajstić information content (AvgIpc) is 2.54. The van der Waals surface area contributed by atoms with Crippen LogP contribution in [0.4, 0.5) is 14.5 Å². The van der Waals surface area contributed by atoms with Crippen molar-refractivity contribution in [3.8, 4) is 5.75 Å². The maximum atomic E-state index is 12.4. The summed E-state index contributed by atoms with van der Waals surface area (Å²) in [5, 5.41) is 5.65. The molecule has 7 heteroatoms. The second-order valence-electron chi connectivity index (χ2n) is 5.07. The minimum absolute atomic E-state index is 0.00116. The summed E-state index contributed by atoms with van der Waals surface area (Å²) in [5.74, 6) is -0.251. The number of hydrogen-bond donors (Lipinski definition) is 2. The van der Waals surface area contributed by atoms with Crippen molar-refractivity contribution in [1.29, 1.82) is 0 Å². The van der Waals surface area contributed by atoms with Gasteiger partial charge in [-0.2, -0.15) is 8.78 Å². The van der Waals surface area contributed by atoms with Crippen LogP contribution in [0, 0.1) is 0 Å². The van der Waals surface area contributed by atoms with Gasteiger partial charge in [0, 0.05) is 4.47 Å². The van der Waals surface area contributed by atoms with Crippen molar-refractivity contribution >= 4 is 27.5 Å². The van der Waals surface area contributed by atoms with Crippen LogP contribution in [0.15, 0.2) is 53.0 Å². The third-order valence-corrected chi connectivity index (χ3v) is 3.82. The number of ether oxygens (including phenoxy) is 1. The number of carbonyl (C=O) groups excluding carboxylic acids is 1. The topological polar surface area (TPSA) is 50.4 Å². The van der Waals surface area contributed by atoms with Gasteiger partial charge in [-0.25, -0.2) is 0 Å². The molecule has 2 N–H and O–H groups in total. The predicted molar refractivity (Wildman–Crippen MR) is 92.3 cm³/mol. The van der Waals surface area contributed by atoms with Gasteiger partial charge in [0.25, 0.3) is 0 Å². The van der Waals surface area contributed by atoms with Crippen LogP contribution in [-0.2, 0) is 4.79 Å². The normalized spacial score (nSPS) is 11.9. The second-order valence-corrected chi connectivity index (χ2v) is 5.98. The van der Waals surface area contributed by atoms with E-state index < -0.39 is 6.61 Å². The third-order valence-electron chi connectivity index (χ3n) is 3.29. The Morgan fingerprint density at radius 3 is 2.50 bits per heavy atom. The SMILES string of the molecule is CC(NC(=O)CNc1ccccc1OC(F)F)c1ccc(Br)cc1. The van der Waals surface area contributed by atoms with E-state index in [4.69, 9.17) is 0 Å². The number of benzene rings is 2. The van der Waals surface area contributed by atoms with Crippen molar-refractivity contribution in [3.05, 3.63) is 58.6 Å². The number of para-hydroxylation sites is 2. The summed E-state index contributed by atoms with van der Waals surface area (Å²) in [6.45, 7) is -1.10. The Kier molecular flexibility index (Phi) is 6.54. The molecule has 1 atom stereocenters. The Labute approximate surface area is 147 Å². The van der Waals surface area contributed by atoms with Crippen molar-refractivity contribution in [2.75, 3.05) is 11.9 Å². The molecule has 2 rings (SSSR count). The monoisotopic (exact) mass is 398 g/mol. The zero-order chi connectivity index (χ0) is 17.5. The Balaban J connectivity index is 1.90. The number of anilines is 1. The fraction of sp³-hybridized carbons (Fsp3) is 0.235. The molecule has 0 saturated carbocycles. The smallest absolute Gasteiger partial charge is 0.387 e. The van der Waals surface area contributed by atoms with Crippen molar-refractivity contribution in [1.82, 2.24) is 5.32 Å². The van der Waals surface area contributed by atoms with Crippen LogP contribution in [0.1, 0.15) is 18.5 Å². The van der Waals surface area contributed by atoms with Crippen LogP contribution in [0.25, 0.3) is 0 Å². The van der Waals surface area contributed by atoms with Gasteiger partial charge in [0.15, 0.2) is 0 Å². The predicted octanol–water partition coefficient (Wildman–Crippen LogP) is 4.34. The highest BCUT2D eigenvalue weighted by Gasteiger charge is 2.12. The largest absolute Gasteiger partial charge is 0.433 e. The molecular weight excluding hydrogens is 382 g/mol. The lowest BCUT2D eigenvalue weighted by atomic mass is 10.1. The van der Waals surface area contributed by atoms with Crippen LogP contribution in [0.5, 0.6) is 5.75 Å². The Bertz CT molecular complexity index is 681. The lowest BCUT2D eigenvalue weighted by Crippen LogP contribution is -2.32. The van der Waals surface area contributed by atoms with E-state index in [0.717, 1.165) is 10.0 Å². The molecule has 24 heavy (non-hydrogen) atoms. The number of amides is 1. The van der Waals surface area contributed by atoms with Gasteiger partial charge in [0.2, 0.25) is 5.91 Å². The van der Waals surface area contributed by atoms with Gasteiger partial charge in [-0.1, -0.05) is 40.2 Å². The average molecular weight is 399 g/mol. The standard InChI is InChI=1S/C17H17BrF2N2O2/c1-11(12-6-8-13(18)9-7-12)22-16(23)10-21-14-4-2-3-5-15(14)24-17(19)20/h2-9,11,17,21H,10H2,1H3,(H,22,23). The van der Waals surface area contributed by atoms with Crippen molar-refractivity contribution < 1.29 is 18.3 Å². The molecule has 0 aliphatic rings. The van der Waals surface area contributed by atoms with Crippen LogP contribution < -0.4 is 15.4 Å². The van der Waals surface area contributed by atoms with Gasteiger partial charge >= 0.3 is 6.61 Å². The molecule has 0 fully saturated rings. The minimum Gasteiger partial charge on any atom is -0.433 e. The molecule has 2 aromatic rings. The molecular formula is C17H17BrF2N2O2. The summed E-state index contributed by atoms with van der Waals surface area (Å²) in [5.41, 5.74) is 1.30. The van der Waals surface area contributed by atoms with Crippen molar-refractivity contribution in [2.24, 2.45) is 0 Å². The molecule has 1 unspecified atom stereocenters. The first kappa shape index (κ1) is 18.2. The summed E-state index contributed by atoms with van der Waals surface area (Å²) in [6.07, 6.45) is 0. The first-order chi connectivity index (χ1) is 11.5. The summed E-state index contributed by atoms with van der Waals surface area (Å²) < 4.78 is 30.1. The van der Waals surface area contributed by atoms with Crippen LogP contribution in [0.2, 0.25) is 0 Å². The zero-order valence-electron chi connectivity index (χ0n) is 12.9. The number of nitrogens with one attached hydrogen (secondary N) is 2. The van der Waals surface area contributed by atoms with E-state index in [2.05, 4.69) is 31.3 Å². The minimum atomic E-state index is -2.92. The number of carbonyl (C=O) groups is 1. The van der Waals surface area contributed by atoms with E-state index in [0.29, 0.717) is 5.69 Å². The van der Waals surface area contributed by atoms with E-state index in [-0.39, 0.29) is 24.2 Å². The summed E-state index contributed by atoms with van der Waals surface area (Å²) >= 11 is 3.36. The number of alkyl halides is 2. The summed E-state index contributed by atoms with van der Waals surface area (Å²) in [6, 6.07) is 13.7. The van der Waals surface area contributed by atoms with E-state index in [1.54, 1.807) is 18.2 Å². The molecule has 2 aromatic carbocycles. The van der Waals surface area contributed by atoms with Gasteiger partial charge in [-0.3, -0.25) is 4.79 Å². The quantitative estimate of drug-likeness (QED) is 0.729. The molecule has 128 valence electrons. The number of halogens is 3. The molecule has 0 saturated heterocycles. The number of rotatable bonds is 7. The lowest BCUT2D eigenvalue weighted by molar-refractivity contribution is -0.120. The molecule has 0 heterocycles. The highest BCUT2D eigenvalue weighted by atomic mass is 79.9. The van der Waals surface area contributed by atoms with Gasteiger partial charge in [-0.15, -0.1) is 0 Å². The second kappa shape index (κ2) is 8.63. The van der Waals surface area contributed by atoms with E-state index in [1.165, 1.54) is 6.07 Å². The van der Waals surface area contributed by atoms with Crippen molar-refractivity contribution in [3.63, 3.8) is 0 Å². The van der Waals surface area contributed by atoms with E-state index >= 15 is 0 Å². The number of hydrogen-bond acceptors (Lipinski definition) is 3. The van der Waals surface area contributed by atoms with Gasteiger partial charge in [0.05, 0.1) is 18.3 Å². The molecule has 0 aromatic heterocycles. The van der Waals surface area contributed by atoms with Crippen LogP contribution in [-0.4, -0.2) is 19.1 Å². The Morgan fingerprint density at radius 2 is 1.83 bits per heavy atom. The van der Waals surface area contributed by atoms with Gasteiger partial charge < -0.3 is 15.4 Å². The van der Waals surface area contributed by atoms with Gasteiger partial charge in [-0.05, 0) is 36.8 Å². The molecule has 0 aliphatic carbocycles. The molecule has 0 radical (unpaired) electrons. The fourth-order valence-electron chi connectivity index (χ4n) is 2.11. The first-order valence-electron chi connectivity index (χ1n) is 7.28. The Hall–Kier alpha value is -2.15. The van der Waals surface area contributed by atoms with Gasteiger partial charge in [0.1, 0.15) is 5.75 Å². The molecule has 0 aliphatic heterocycles. The summed E-state index contributed by atoms with van der Waals surface area (Å²) in [4.78, 5) is 12.0. The third kappa shape index (κ3) is 5.49. The molecule has 0 spiro atoms. The molecule has 1 amide bonds. The Morgan fingerprint density at radius 1 is 1.17 bits per heavy atom. The highest BCUT2D eigenvalue weighted by molar-refractivity contribution is 9.10. The molecule has 4 nitrogen and oxygen atoms in total. The van der Waals surface area contributed by atoms with Crippen molar-refractivity contribution in [2.45, 2.75) is 19.6 Å². The van der Waals surface area contributed by atoms with Crippen LogP contribution in [0.3, 0.4) is 0 Å². The van der Waals surface area contributed by atoms with E-state index in [1.807, 2.05) is 31.2 Å². The van der Waals surface area contributed by atoms with Crippen LogP contribution >= 0.6 is 15.9 Å².